The second-order valence-electron chi connectivity index (χ2n) is 9.18. The van der Waals surface area contributed by atoms with Gasteiger partial charge in [0.2, 0.25) is 5.91 Å². The summed E-state index contributed by atoms with van der Waals surface area (Å²) in [4.78, 5) is 28.2. The summed E-state index contributed by atoms with van der Waals surface area (Å²) in [7, 11) is 0. The highest BCUT2D eigenvalue weighted by molar-refractivity contribution is 5.94. The van der Waals surface area contributed by atoms with E-state index < -0.39 is 54.0 Å². The van der Waals surface area contributed by atoms with E-state index in [9.17, 15) is 40.3 Å². The van der Waals surface area contributed by atoms with Crippen LogP contribution in [0.1, 0.15) is 54.4 Å². The lowest BCUT2D eigenvalue weighted by molar-refractivity contribution is -0.149. The van der Waals surface area contributed by atoms with E-state index in [4.69, 9.17) is 0 Å². The van der Waals surface area contributed by atoms with Crippen molar-refractivity contribution in [2.24, 2.45) is 5.92 Å². The molecule has 2 aliphatic rings. The van der Waals surface area contributed by atoms with Gasteiger partial charge in [0.15, 0.2) is 0 Å². The molecule has 196 valence electrons. The van der Waals surface area contributed by atoms with Crippen molar-refractivity contribution < 1.29 is 40.3 Å². The smallest absolute Gasteiger partial charge is 0.352 e. The highest BCUT2D eigenvalue weighted by atomic mass is 19.4. The van der Waals surface area contributed by atoms with Gasteiger partial charge in [-0.2, -0.15) is 26.3 Å². The third kappa shape index (κ3) is 8.08. The predicted octanol–water partition coefficient (Wildman–Crippen LogP) is 4.62. The van der Waals surface area contributed by atoms with E-state index in [-0.39, 0.29) is 18.5 Å². The van der Waals surface area contributed by atoms with E-state index in [0.29, 0.717) is 51.2 Å². The zero-order valence-corrected chi connectivity index (χ0v) is 19.0. The Bertz CT molecular complexity index is 896. The molecular weight excluding hydrogens is 483 g/mol. The SMILES string of the molecule is O=C(NCC1CCN(C[C@@H]2CCCN2C(=O)CCC(F)(F)F)CC1)c1cc(F)cc(C(F)(F)F)c1. The number of nitrogens with one attached hydrogen (secondary N) is 1. The van der Waals surface area contributed by atoms with Crippen LogP contribution in [-0.2, 0) is 11.0 Å². The molecule has 12 heteroatoms. The van der Waals surface area contributed by atoms with Crippen molar-refractivity contribution in [1.82, 2.24) is 15.1 Å². The van der Waals surface area contributed by atoms with Gasteiger partial charge in [-0.25, -0.2) is 4.39 Å². The van der Waals surface area contributed by atoms with Crippen LogP contribution in [0.15, 0.2) is 18.2 Å². The van der Waals surface area contributed by atoms with Crippen LogP contribution in [0.25, 0.3) is 0 Å². The number of likely N-dealkylation sites (tertiary alicyclic amines) is 2. The van der Waals surface area contributed by atoms with E-state index in [1.54, 1.807) is 4.90 Å². The minimum absolute atomic E-state index is 0.0824. The number of halogens is 7. The van der Waals surface area contributed by atoms with E-state index in [0.717, 1.165) is 18.9 Å². The number of benzene rings is 1. The van der Waals surface area contributed by atoms with E-state index in [1.165, 1.54) is 0 Å². The first-order chi connectivity index (χ1) is 16.3. The number of hydrogen-bond acceptors (Lipinski definition) is 3. The lowest BCUT2D eigenvalue weighted by Gasteiger charge is -2.36. The number of piperidine rings is 1. The van der Waals surface area contributed by atoms with Crippen LogP contribution in [-0.4, -0.2) is 66.6 Å². The summed E-state index contributed by atoms with van der Waals surface area (Å²) in [6.45, 7) is 2.59. The molecule has 35 heavy (non-hydrogen) atoms. The molecule has 0 aromatic heterocycles. The zero-order valence-electron chi connectivity index (χ0n) is 19.0. The van der Waals surface area contributed by atoms with Crippen LogP contribution in [0, 0.1) is 11.7 Å². The van der Waals surface area contributed by atoms with Crippen molar-refractivity contribution in [3.8, 4) is 0 Å². The van der Waals surface area contributed by atoms with Gasteiger partial charge in [-0.3, -0.25) is 9.59 Å². The summed E-state index contributed by atoms with van der Waals surface area (Å²) in [6, 6.07) is 1.59. The van der Waals surface area contributed by atoms with Crippen LogP contribution < -0.4 is 5.32 Å². The second kappa shape index (κ2) is 11.1. The molecule has 0 unspecified atom stereocenters. The molecule has 2 fully saturated rings. The molecule has 0 aliphatic carbocycles. The van der Waals surface area contributed by atoms with Gasteiger partial charge in [0.25, 0.3) is 5.91 Å². The second-order valence-corrected chi connectivity index (χ2v) is 9.18. The first kappa shape index (κ1) is 27.2. The Hall–Kier alpha value is -2.37. The van der Waals surface area contributed by atoms with Gasteiger partial charge >= 0.3 is 12.4 Å². The summed E-state index contributed by atoms with van der Waals surface area (Å²) >= 11 is 0. The minimum Gasteiger partial charge on any atom is -0.352 e. The van der Waals surface area contributed by atoms with Gasteiger partial charge < -0.3 is 15.1 Å². The number of amides is 2. The summed E-state index contributed by atoms with van der Waals surface area (Å²) < 4.78 is 89.4. The quantitative estimate of drug-likeness (QED) is 0.544. The standard InChI is InChI=1S/C23H28F7N3O2/c24-18-11-16(10-17(12-18)23(28,29)30)21(35)31-13-15-4-8-32(9-5-15)14-19-2-1-7-33(19)20(34)3-6-22(25,26)27/h10-12,15,19H,1-9,13-14H2,(H,31,35)/t19-/m0/s1. The lowest BCUT2D eigenvalue weighted by Crippen LogP contribution is -2.46. The topological polar surface area (TPSA) is 52.7 Å². The summed E-state index contributed by atoms with van der Waals surface area (Å²) in [5.41, 5.74) is -1.62. The number of hydrogen-bond donors (Lipinski definition) is 1. The summed E-state index contributed by atoms with van der Waals surface area (Å²) in [6.07, 6.45) is -7.91. The molecule has 0 bridgehead atoms. The fraction of sp³-hybridized carbons (Fsp3) is 0.652. The molecule has 2 heterocycles. The van der Waals surface area contributed by atoms with Crippen molar-refractivity contribution in [3.63, 3.8) is 0 Å². The average Bonchev–Trinajstić information content (AvgIpc) is 3.23. The van der Waals surface area contributed by atoms with Gasteiger partial charge in [0.1, 0.15) is 5.82 Å². The monoisotopic (exact) mass is 511 g/mol. The molecule has 3 rings (SSSR count). The van der Waals surface area contributed by atoms with E-state index >= 15 is 0 Å². The Morgan fingerprint density at radius 3 is 2.29 bits per heavy atom. The number of rotatable bonds is 7. The molecule has 1 aromatic carbocycles. The van der Waals surface area contributed by atoms with Crippen LogP contribution in [0.5, 0.6) is 0 Å². The first-order valence-corrected chi connectivity index (χ1v) is 11.6. The van der Waals surface area contributed by atoms with Crippen molar-refractivity contribution in [3.05, 3.63) is 35.1 Å². The normalized spacial score (nSPS) is 20.3. The van der Waals surface area contributed by atoms with E-state index in [2.05, 4.69) is 10.2 Å². The van der Waals surface area contributed by atoms with Gasteiger partial charge in [-0.1, -0.05) is 0 Å². The number of nitrogens with zero attached hydrogens (tertiary/aromatic N) is 2. The van der Waals surface area contributed by atoms with Crippen LogP contribution in [0.4, 0.5) is 30.7 Å². The van der Waals surface area contributed by atoms with Crippen molar-refractivity contribution in [2.75, 3.05) is 32.7 Å². The molecule has 2 saturated heterocycles. The maximum atomic E-state index is 13.5. The zero-order chi connectivity index (χ0) is 25.8. The summed E-state index contributed by atoms with van der Waals surface area (Å²) in [5.74, 6) is -2.32. The maximum absolute atomic E-state index is 13.5. The molecule has 0 saturated carbocycles. The molecule has 2 amide bonds. The number of carbonyl (C=O) groups is 2. The lowest BCUT2D eigenvalue weighted by atomic mass is 9.96. The average molecular weight is 511 g/mol. The van der Waals surface area contributed by atoms with Gasteiger partial charge in [-0.05, 0) is 62.9 Å². The molecule has 0 spiro atoms. The Kier molecular flexibility index (Phi) is 8.66. The highest BCUT2D eigenvalue weighted by Gasteiger charge is 2.35. The maximum Gasteiger partial charge on any atom is 0.416 e. The Balaban J connectivity index is 1.44. The first-order valence-electron chi connectivity index (χ1n) is 11.6. The van der Waals surface area contributed by atoms with Gasteiger partial charge in [0.05, 0.1) is 12.0 Å². The van der Waals surface area contributed by atoms with Crippen LogP contribution >= 0.6 is 0 Å². The molecule has 1 atom stereocenters. The molecular formula is C23H28F7N3O2. The fourth-order valence-electron chi connectivity index (χ4n) is 4.64. The predicted molar refractivity (Wildman–Crippen MR) is 113 cm³/mol. The largest absolute Gasteiger partial charge is 0.416 e. The van der Waals surface area contributed by atoms with Crippen molar-refractivity contribution >= 4 is 11.8 Å². The third-order valence-electron chi connectivity index (χ3n) is 6.53. The van der Waals surface area contributed by atoms with Crippen LogP contribution in [0.3, 0.4) is 0 Å². The van der Waals surface area contributed by atoms with Gasteiger partial charge in [-0.15, -0.1) is 0 Å². The van der Waals surface area contributed by atoms with E-state index in [1.807, 2.05) is 0 Å². The summed E-state index contributed by atoms with van der Waals surface area (Å²) in [5, 5.41) is 2.57. The molecule has 2 aliphatic heterocycles. The third-order valence-corrected chi connectivity index (χ3v) is 6.53. The highest BCUT2D eigenvalue weighted by Crippen LogP contribution is 2.30. The van der Waals surface area contributed by atoms with Crippen LogP contribution in [0.2, 0.25) is 0 Å². The molecule has 5 nitrogen and oxygen atoms in total. The van der Waals surface area contributed by atoms with Crippen molar-refractivity contribution in [1.29, 1.82) is 0 Å². The minimum atomic E-state index is -4.76. The molecule has 1 N–H and O–H groups in total. The van der Waals surface area contributed by atoms with Crippen molar-refractivity contribution in [2.45, 2.75) is 56.9 Å². The Labute approximate surface area is 198 Å². The Morgan fingerprint density at radius 2 is 1.66 bits per heavy atom. The Morgan fingerprint density at radius 1 is 0.971 bits per heavy atom. The fourth-order valence-corrected chi connectivity index (χ4v) is 4.64. The molecule has 0 radical (unpaired) electrons. The van der Waals surface area contributed by atoms with Gasteiger partial charge in [0, 0.05) is 37.7 Å². The number of alkyl halides is 6. The molecule has 1 aromatic rings. The number of carbonyl (C=O) groups excluding carboxylic acids is 2.